The average molecular weight is 400 g/mol. The van der Waals surface area contributed by atoms with Crippen LogP contribution in [0.3, 0.4) is 0 Å². The van der Waals surface area contributed by atoms with Gasteiger partial charge in [0.1, 0.15) is 5.82 Å². The number of rotatable bonds is 3. The maximum atomic E-state index is 5.83. The van der Waals surface area contributed by atoms with Gasteiger partial charge in [-0.2, -0.15) is 0 Å². The Morgan fingerprint density at radius 3 is 2.59 bits per heavy atom. The molecular weight excluding hydrogens is 362 g/mol. The monoisotopic (exact) mass is 399 g/mol. The molecule has 3 heterocycles. The summed E-state index contributed by atoms with van der Waals surface area (Å²) < 4.78 is 5.83. The fourth-order valence-corrected chi connectivity index (χ4v) is 5.41. The molecule has 2 saturated heterocycles. The molecule has 3 aliphatic rings. The maximum Gasteiger partial charge on any atom is 0.193 e. The van der Waals surface area contributed by atoms with Crippen LogP contribution in [0.2, 0.25) is 0 Å². The van der Waals surface area contributed by atoms with Crippen molar-refractivity contribution in [2.75, 3.05) is 38.1 Å². The molecule has 1 spiro atoms. The number of aliphatic imine (C=N–C) groups is 1. The van der Waals surface area contributed by atoms with Crippen LogP contribution in [0.15, 0.2) is 23.3 Å². The van der Waals surface area contributed by atoms with Gasteiger partial charge in [-0.1, -0.05) is 25.3 Å². The lowest BCUT2D eigenvalue weighted by Crippen LogP contribution is -2.45. The van der Waals surface area contributed by atoms with Gasteiger partial charge < -0.3 is 19.9 Å². The number of pyridine rings is 1. The summed E-state index contributed by atoms with van der Waals surface area (Å²) in [6.45, 7) is 9.11. The number of morpholine rings is 1. The second-order valence-corrected chi connectivity index (χ2v) is 9.32. The van der Waals surface area contributed by atoms with Crippen molar-refractivity contribution in [3.8, 4) is 0 Å². The molecule has 1 aromatic heterocycles. The first-order valence-electron chi connectivity index (χ1n) is 11.4. The third-order valence-electron chi connectivity index (χ3n) is 6.87. The van der Waals surface area contributed by atoms with Gasteiger partial charge in [-0.25, -0.2) is 4.98 Å². The summed E-state index contributed by atoms with van der Waals surface area (Å²) in [5.41, 5.74) is 1.74. The van der Waals surface area contributed by atoms with E-state index in [4.69, 9.17) is 9.72 Å². The normalized spacial score (nSPS) is 27.5. The minimum absolute atomic E-state index is 0.248. The predicted octanol–water partition coefficient (Wildman–Crippen LogP) is 3.43. The Labute approximate surface area is 175 Å². The highest BCUT2D eigenvalue weighted by Crippen LogP contribution is 2.43. The summed E-state index contributed by atoms with van der Waals surface area (Å²) in [6, 6.07) is 4.32. The van der Waals surface area contributed by atoms with Crippen LogP contribution in [0.1, 0.15) is 57.9 Å². The predicted molar refractivity (Wildman–Crippen MR) is 118 cm³/mol. The topological polar surface area (TPSA) is 53.0 Å². The van der Waals surface area contributed by atoms with Crippen LogP contribution in [-0.4, -0.2) is 61.3 Å². The number of hydrogen-bond acceptors (Lipinski definition) is 4. The van der Waals surface area contributed by atoms with E-state index in [1.807, 2.05) is 13.2 Å². The Morgan fingerprint density at radius 1 is 1.17 bits per heavy atom. The van der Waals surface area contributed by atoms with E-state index in [-0.39, 0.29) is 12.2 Å². The van der Waals surface area contributed by atoms with Gasteiger partial charge in [0.25, 0.3) is 0 Å². The number of hydrogen-bond donors (Lipinski definition) is 1. The van der Waals surface area contributed by atoms with E-state index in [1.54, 1.807) is 0 Å². The highest BCUT2D eigenvalue weighted by Gasteiger charge is 2.39. The third kappa shape index (κ3) is 4.85. The highest BCUT2D eigenvalue weighted by atomic mass is 16.5. The van der Waals surface area contributed by atoms with Crippen LogP contribution in [0.4, 0.5) is 5.82 Å². The summed E-state index contributed by atoms with van der Waals surface area (Å²) in [6.07, 6.45) is 10.8. The summed E-state index contributed by atoms with van der Waals surface area (Å²) in [4.78, 5) is 14.1. The molecule has 160 valence electrons. The van der Waals surface area contributed by atoms with Crippen molar-refractivity contribution in [2.24, 2.45) is 10.4 Å². The quantitative estimate of drug-likeness (QED) is 0.623. The SMILES string of the molecule is CN=C(NCc1ccc(N2CC(C)OC(C)C2)nc1)N1CCC2(CCCCC2)C1. The number of nitrogens with zero attached hydrogens (tertiary/aromatic N) is 4. The Morgan fingerprint density at radius 2 is 1.93 bits per heavy atom. The molecule has 0 amide bonds. The van der Waals surface area contributed by atoms with Gasteiger partial charge in [-0.15, -0.1) is 0 Å². The molecule has 0 bridgehead atoms. The van der Waals surface area contributed by atoms with Gasteiger partial charge >= 0.3 is 0 Å². The molecule has 0 aromatic carbocycles. The number of guanidine groups is 1. The molecular formula is C23H37N5O. The molecule has 2 unspecified atom stereocenters. The molecule has 1 aromatic rings. The largest absolute Gasteiger partial charge is 0.372 e. The van der Waals surface area contributed by atoms with E-state index < -0.39 is 0 Å². The molecule has 4 rings (SSSR count). The molecule has 6 nitrogen and oxygen atoms in total. The lowest BCUT2D eigenvalue weighted by molar-refractivity contribution is -0.00545. The zero-order valence-electron chi connectivity index (χ0n) is 18.4. The van der Waals surface area contributed by atoms with Crippen molar-refractivity contribution in [1.29, 1.82) is 0 Å². The van der Waals surface area contributed by atoms with Crippen LogP contribution in [0, 0.1) is 5.41 Å². The van der Waals surface area contributed by atoms with Crippen molar-refractivity contribution in [1.82, 2.24) is 15.2 Å². The molecule has 1 N–H and O–H groups in total. The second-order valence-electron chi connectivity index (χ2n) is 9.32. The first-order valence-corrected chi connectivity index (χ1v) is 11.4. The second kappa shape index (κ2) is 8.90. The summed E-state index contributed by atoms with van der Waals surface area (Å²) in [5.74, 6) is 2.08. The van der Waals surface area contributed by atoms with Crippen LogP contribution in [0.25, 0.3) is 0 Å². The first kappa shape index (κ1) is 20.5. The number of ether oxygens (including phenoxy) is 1. The number of aromatic nitrogens is 1. The van der Waals surface area contributed by atoms with Crippen molar-refractivity contribution in [2.45, 2.75) is 71.1 Å². The zero-order chi connectivity index (χ0) is 20.3. The van der Waals surface area contributed by atoms with E-state index in [2.05, 4.69) is 46.1 Å². The van der Waals surface area contributed by atoms with Crippen LogP contribution >= 0.6 is 0 Å². The molecule has 1 aliphatic carbocycles. The first-order chi connectivity index (χ1) is 14.1. The fraction of sp³-hybridized carbons (Fsp3) is 0.739. The summed E-state index contributed by atoms with van der Waals surface area (Å²) in [5, 5.41) is 3.57. The van der Waals surface area contributed by atoms with Gasteiger partial charge in [0.2, 0.25) is 0 Å². The Hall–Kier alpha value is -1.82. The molecule has 29 heavy (non-hydrogen) atoms. The number of likely N-dealkylation sites (tertiary alicyclic amines) is 1. The Bertz CT molecular complexity index is 688. The smallest absolute Gasteiger partial charge is 0.193 e. The van der Waals surface area contributed by atoms with E-state index in [0.29, 0.717) is 5.41 Å². The molecule has 0 radical (unpaired) electrons. The Kier molecular flexibility index (Phi) is 6.28. The third-order valence-corrected chi connectivity index (χ3v) is 6.87. The molecule has 1 saturated carbocycles. The van der Waals surface area contributed by atoms with Crippen molar-refractivity contribution in [3.63, 3.8) is 0 Å². The minimum Gasteiger partial charge on any atom is -0.372 e. The molecule has 6 heteroatoms. The summed E-state index contributed by atoms with van der Waals surface area (Å²) in [7, 11) is 1.90. The maximum absolute atomic E-state index is 5.83. The van der Waals surface area contributed by atoms with Gasteiger partial charge in [0.15, 0.2) is 5.96 Å². The van der Waals surface area contributed by atoms with Crippen LogP contribution in [-0.2, 0) is 11.3 Å². The standard InChI is InChI=1S/C23H37N5O/c1-18-15-28(16-19(2)29-18)21-8-7-20(13-25-21)14-26-22(24-3)27-12-11-23(17-27)9-5-4-6-10-23/h7-8,13,18-19H,4-6,9-12,14-17H2,1-3H3,(H,24,26). The van der Waals surface area contributed by atoms with Gasteiger partial charge in [0.05, 0.1) is 12.2 Å². The highest BCUT2D eigenvalue weighted by molar-refractivity contribution is 5.80. The van der Waals surface area contributed by atoms with Gasteiger partial charge in [0, 0.05) is 46.0 Å². The lowest BCUT2D eigenvalue weighted by Gasteiger charge is -2.36. The number of nitrogens with one attached hydrogen (secondary N) is 1. The van der Waals surface area contributed by atoms with Crippen LogP contribution in [0.5, 0.6) is 0 Å². The fourth-order valence-electron chi connectivity index (χ4n) is 5.41. The zero-order valence-corrected chi connectivity index (χ0v) is 18.4. The molecule has 2 aliphatic heterocycles. The van der Waals surface area contributed by atoms with E-state index in [9.17, 15) is 0 Å². The summed E-state index contributed by atoms with van der Waals surface area (Å²) >= 11 is 0. The molecule has 2 atom stereocenters. The van der Waals surface area contributed by atoms with Crippen LogP contribution < -0.4 is 10.2 Å². The lowest BCUT2D eigenvalue weighted by atomic mass is 9.73. The van der Waals surface area contributed by atoms with Crippen molar-refractivity contribution < 1.29 is 4.74 Å². The van der Waals surface area contributed by atoms with E-state index in [0.717, 1.165) is 44.5 Å². The van der Waals surface area contributed by atoms with E-state index in [1.165, 1.54) is 44.1 Å². The Balaban J connectivity index is 1.31. The number of anilines is 1. The average Bonchev–Trinajstić information content (AvgIpc) is 3.12. The minimum atomic E-state index is 0.248. The van der Waals surface area contributed by atoms with Crippen molar-refractivity contribution >= 4 is 11.8 Å². The van der Waals surface area contributed by atoms with Gasteiger partial charge in [-0.05, 0) is 50.2 Å². The van der Waals surface area contributed by atoms with E-state index >= 15 is 0 Å². The molecule has 3 fully saturated rings. The van der Waals surface area contributed by atoms with Gasteiger partial charge in [-0.3, -0.25) is 4.99 Å². The van der Waals surface area contributed by atoms with Crippen molar-refractivity contribution in [3.05, 3.63) is 23.9 Å².